The van der Waals surface area contributed by atoms with E-state index in [4.69, 9.17) is 9.47 Å². The Hall–Kier alpha value is -3.32. The molecule has 32 heavy (non-hydrogen) atoms. The molecule has 0 aliphatic carbocycles. The van der Waals surface area contributed by atoms with Gasteiger partial charge in [-0.15, -0.1) is 0 Å². The van der Waals surface area contributed by atoms with E-state index < -0.39 is 12.1 Å². The zero-order valence-corrected chi connectivity index (χ0v) is 18.3. The second-order valence-electron chi connectivity index (χ2n) is 8.33. The second kappa shape index (κ2) is 8.31. The van der Waals surface area contributed by atoms with Gasteiger partial charge in [0.1, 0.15) is 17.8 Å². The van der Waals surface area contributed by atoms with Crippen LogP contribution in [0.1, 0.15) is 29.3 Å². The highest BCUT2D eigenvalue weighted by Gasteiger charge is 2.48. The zero-order valence-electron chi connectivity index (χ0n) is 18.3. The molecule has 166 valence electrons. The van der Waals surface area contributed by atoms with Crippen LogP contribution in [0.25, 0.3) is 10.9 Å². The van der Waals surface area contributed by atoms with Crippen LogP contribution < -0.4 is 4.74 Å². The Kier molecular flexibility index (Phi) is 5.35. The average molecular weight is 434 g/mol. The number of carbonyl (C=O) groups is 2. The summed E-state index contributed by atoms with van der Waals surface area (Å²) >= 11 is 0. The lowest BCUT2D eigenvalue weighted by molar-refractivity contribution is -0.158. The number of benzene rings is 2. The van der Waals surface area contributed by atoms with Crippen molar-refractivity contribution < 1.29 is 19.1 Å². The molecule has 0 saturated carbocycles. The van der Waals surface area contributed by atoms with E-state index in [9.17, 15) is 9.59 Å². The fraction of sp³-hybridized carbons (Fsp3) is 0.360. The van der Waals surface area contributed by atoms with Gasteiger partial charge in [0.15, 0.2) is 0 Å². The summed E-state index contributed by atoms with van der Waals surface area (Å²) in [6.07, 6.45) is 1.20. The summed E-state index contributed by atoms with van der Waals surface area (Å²) in [5.74, 6) is 0.647. The van der Waals surface area contributed by atoms with Gasteiger partial charge >= 0.3 is 0 Å². The number of hydrogen-bond acceptors (Lipinski definition) is 4. The number of ether oxygens (including phenoxy) is 2. The van der Waals surface area contributed by atoms with E-state index in [1.165, 1.54) is 0 Å². The molecule has 0 bridgehead atoms. The molecule has 7 heteroatoms. The number of aromatic nitrogens is 1. The van der Waals surface area contributed by atoms with Crippen LogP contribution >= 0.6 is 0 Å². The molecule has 0 unspecified atom stereocenters. The van der Waals surface area contributed by atoms with Gasteiger partial charge in [0.05, 0.1) is 13.7 Å². The smallest absolute Gasteiger partial charge is 0.246 e. The molecule has 2 atom stereocenters. The van der Waals surface area contributed by atoms with Gasteiger partial charge in [-0.05, 0) is 24.1 Å². The van der Waals surface area contributed by atoms with Gasteiger partial charge in [0, 0.05) is 48.8 Å². The maximum Gasteiger partial charge on any atom is 0.246 e. The van der Waals surface area contributed by atoms with Crippen molar-refractivity contribution in [3.8, 4) is 5.75 Å². The fourth-order valence-corrected chi connectivity index (χ4v) is 5.13. The van der Waals surface area contributed by atoms with E-state index >= 15 is 0 Å². The van der Waals surface area contributed by atoms with Crippen molar-refractivity contribution in [3.05, 3.63) is 65.4 Å². The quantitative estimate of drug-likeness (QED) is 0.607. The summed E-state index contributed by atoms with van der Waals surface area (Å²) in [7, 11) is 3.27. The summed E-state index contributed by atoms with van der Waals surface area (Å²) < 4.78 is 10.8. The summed E-state index contributed by atoms with van der Waals surface area (Å²) in [5.41, 5.74) is 3.94. The first kappa shape index (κ1) is 20.6. The molecule has 1 fully saturated rings. The molecule has 0 radical (unpaired) electrons. The molecule has 2 amide bonds. The first-order valence-corrected chi connectivity index (χ1v) is 10.9. The molecule has 7 nitrogen and oxygen atoms in total. The van der Waals surface area contributed by atoms with Crippen LogP contribution in [-0.4, -0.2) is 66.6 Å². The Morgan fingerprint density at radius 1 is 1.06 bits per heavy atom. The molecule has 0 spiro atoms. The number of H-pyrrole nitrogens is 1. The third-order valence-corrected chi connectivity index (χ3v) is 6.55. The maximum atomic E-state index is 13.5. The highest BCUT2D eigenvalue weighted by Crippen LogP contribution is 2.44. The number of rotatable bonds is 6. The van der Waals surface area contributed by atoms with Crippen molar-refractivity contribution in [1.82, 2.24) is 14.8 Å². The molecule has 2 aliphatic rings. The lowest BCUT2D eigenvalue weighted by Gasteiger charge is -2.47. The third kappa shape index (κ3) is 3.24. The monoisotopic (exact) mass is 433 g/mol. The molecular formula is C25H27N3O4. The predicted octanol–water partition coefficient (Wildman–Crippen LogP) is 2.90. The number of fused-ring (bicyclic) bond motifs is 4. The van der Waals surface area contributed by atoms with Gasteiger partial charge in [0.25, 0.3) is 0 Å². The summed E-state index contributed by atoms with van der Waals surface area (Å²) in [4.78, 5) is 34.0. The van der Waals surface area contributed by atoms with Gasteiger partial charge in [-0.25, -0.2) is 0 Å². The molecule has 2 aromatic carbocycles. The van der Waals surface area contributed by atoms with Gasteiger partial charge in [0.2, 0.25) is 11.8 Å². The Labute approximate surface area is 186 Å². The van der Waals surface area contributed by atoms with Crippen LogP contribution in [0.15, 0.2) is 48.5 Å². The molecular weight excluding hydrogens is 406 g/mol. The topological polar surface area (TPSA) is 74.9 Å². The maximum absolute atomic E-state index is 13.5. The van der Waals surface area contributed by atoms with Crippen LogP contribution in [0, 0.1) is 0 Å². The number of nitrogens with one attached hydrogen (secondary N) is 1. The van der Waals surface area contributed by atoms with Crippen molar-refractivity contribution in [2.24, 2.45) is 0 Å². The minimum Gasteiger partial charge on any atom is -0.496 e. The summed E-state index contributed by atoms with van der Waals surface area (Å²) in [5, 5.41) is 1.10. The van der Waals surface area contributed by atoms with E-state index in [0.29, 0.717) is 31.7 Å². The standard InChI is InChI=1S/C25H27N3O4/c1-31-13-7-12-27-15-22(29)28-20(25(27)30)14-18-16-8-3-5-10-19(16)26-23(18)24(28)17-9-4-6-11-21(17)32-2/h3-6,8-11,20,24,26H,7,12-15H2,1-2H3/t20-,24-/m0/s1. The van der Waals surface area contributed by atoms with E-state index in [1.54, 1.807) is 24.0 Å². The Morgan fingerprint density at radius 3 is 2.66 bits per heavy atom. The Morgan fingerprint density at radius 2 is 1.84 bits per heavy atom. The molecule has 2 aliphatic heterocycles. The van der Waals surface area contributed by atoms with Crippen LogP contribution in [0.5, 0.6) is 5.75 Å². The lowest BCUT2D eigenvalue weighted by Crippen LogP contribution is -2.63. The second-order valence-corrected chi connectivity index (χ2v) is 8.33. The van der Waals surface area contributed by atoms with E-state index in [0.717, 1.165) is 27.7 Å². The van der Waals surface area contributed by atoms with Gasteiger partial charge in [-0.3, -0.25) is 9.59 Å². The summed E-state index contributed by atoms with van der Waals surface area (Å²) in [6, 6.07) is 14.9. The molecule has 1 N–H and O–H groups in total. The number of amides is 2. The highest BCUT2D eigenvalue weighted by molar-refractivity contribution is 5.97. The third-order valence-electron chi connectivity index (χ3n) is 6.55. The van der Waals surface area contributed by atoms with Crippen LogP contribution in [-0.2, 0) is 20.7 Å². The fourth-order valence-electron chi connectivity index (χ4n) is 5.13. The minimum absolute atomic E-state index is 0.00321. The number of para-hydroxylation sites is 2. The van der Waals surface area contributed by atoms with Gasteiger partial charge in [-0.2, -0.15) is 0 Å². The number of hydrogen-bond donors (Lipinski definition) is 1. The zero-order chi connectivity index (χ0) is 22.2. The van der Waals surface area contributed by atoms with E-state index in [1.807, 2.05) is 42.5 Å². The summed E-state index contributed by atoms with van der Waals surface area (Å²) in [6.45, 7) is 1.16. The van der Waals surface area contributed by atoms with Gasteiger partial charge < -0.3 is 24.3 Å². The first-order valence-electron chi connectivity index (χ1n) is 10.9. The molecule has 1 aromatic heterocycles. The van der Waals surface area contributed by atoms with Crippen LogP contribution in [0.2, 0.25) is 0 Å². The molecule has 1 saturated heterocycles. The number of methoxy groups -OCH3 is 2. The number of carbonyl (C=O) groups excluding carboxylic acids is 2. The van der Waals surface area contributed by atoms with Gasteiger partial charge in [-0.1, -0.05) is 36.4 Å². The van der Waals surface area contributed by atoms with Crippen molar-refractivity contribution >= 4 is 22.7 Å². The van der Waals surface area contributed by atoms with E-state index in [-0.39, 0.29) is 18.4 Å². The normalized spacial score (nSPS) is 20.4. The van der Waals surface area contributed by atoms with E-state index in [2.05, 4.69) is 11.1 Å². The largest absolute Gasteiger partial charge is 0.496 e. The van der Waals surface area contributed by atoms with Crippen molar-refractivity contribution in [1.29, 1.82) is 0 Å². The number of nitrogens with zero attached hydrogens (tertiary/aromatic N) is 2. The Balaban J connectivity index is 1.64. The molecule has 5 rings (SSSR count). The molecule has 3 heterocycles. The molecule has 3 aromatic rings. The lowest BCUT2D eigenvalue weighted by atomic mass is 9.86. The van der Waals surface area contributed by atoms with Crippen molar-refractivity contribution in [2.45, 2.75) is 24.9 Å². The minimum atomic E-state index is -0.541. The predicted molar refractivity (Wildman–Crippen MR) is 121 cm³/mol. The highest BCUT2D eigenvalue weighted by atomic mass is 16.5. The number of piperazine rings is 1. The van der Waals surface area contributed by atoms with Crippen LogP contribution in [0.4, 0.5) is 0 Å². The Bertz CT molecular complexity index is 1170. The average Bonchev–Trinajstić information content (AvgIpc) is 3.19. The van der Waals surface area contributed by atoms with Crippen molar-refractivity contribution in [2.75, 3.05) is 33.9 Å². The van der Waals surface area contributed by atoms with Crippen LogP contribution in [0.3, 0.4) is 0 Å². The first-order chi connectivity index (χ1) is 15.6. The van der Waals surface area contributed by atoms with Crippen molar-refractivity contribution in [3.63, 3.8) is 0 Å². The number of aromatic amines is 1. The SMILES string of the molecule is COCCCN1CC(=O)N2[C@@H](c3ccccc3OC)c3[nH]c4ccccc4c3C[C@H]2C1=O.